The number of carbonyl (C=O) groups is 2. The summed E-state index contributed by atoms with van der Waals surface area (Å²) in [5.74, 6) is -0.0718. The number of amides is 3. The third kappa shape index (κ3) is 9.63. The van der Waals surface area contributed by atoms with Gasteiger partial charge < -0.3 is 35.1 Å². The summed E-state index contributed by atoms with van der Waals surface area (Å²) >= 11 is 6.14. The zero-order valence-electron chi connectivity index (χ0n) is 22.1. The maximum Gasteiger partial charge on any atom is 0.406 e. The number of hydrogen-bond donors (Lipinski definition) is 3. The average Bonchev–Trinajstić information content (AvgIpc) is 2.91. The van der Waals surface area contributed by atoms with Gasteiger partial charge in [0.05, 0.1) is 19.8 Å². The van der Waals surface area contributed by atoms with Crippen LogP contribution in [0.25, 0.3) is 0 Å². The molecule has 2 saturated heterocycles. The number of nitrogens with one attached hydrogen (secondary N) is 3. The molecule has 0 saturated carbocycles. The van der Waals surface area contributed by atoms with Crippen LogP contribution in [0.5, 0.6) is 0 Å². The van der Waals surface area contributed by atoms with Gasteiger partial charge in [-0.3, -0.25) is 0 Å². The predicted molar refractivity (Wildman–Crippen MR) is 143 cm³/mol. The fourth-order valence-corrected chi connectivity index (χ4v) is 5.42. The standard InChI is InChI=1S/C27H40ClFN4O5/c1-3-30-24(12-19-6-5-10-37-18-19)16-32-26(34)33-9-4-7-20(17-33)25(38-11-8-31-27(35)36-2)21-13-22(28)15-23(29)14-21/h3,13-15,19-20,24-25,30H,1,4-12,16-18H2,2H3,(H,31,35)(H,32,34)/t19-,20-,24+,25-/m1/s1. The first-order chi connectivity index (χ1) is 18.4. The Balaban J connectivity index is 1.60. The molecule has 0 unspecified atom stereocenters. The van der Waals surface area contributed by atoms with Gasteiger partial charge in [0.15, 0.2) is 0 Å². The van der Waals surface area contributed by atoms with Crippen LogP contribution in [0.1, 0.15) is 43.8 Å². The van der Waals surface area contributed by atoms with Gasteiger partial charge in [0.25, 0.3) is 0 Å². The van der Waals surface area contributed by atoms with Crippen molar-refractivity contribution in [3.8, 4) is 0 Å². The van der Waals surface area contributed by atoms with Gasteiger partial charge in [0, 0.05) is 56.4 Å². The molecule has 1 aromatic carbocycles. The van der Waals surface area contributed by atoms with Gasteiger partial charge in [-0.2, -0.15) is 0 Å². The lowest BCUT2D eigenvalue weighted by Crippen LogP contribution is -2.50. The molecule has 3 amide bonds. The lowest BCUT2D eigenvalue weighted by Gasteiger charge is -2.37. The summed E-state index contributed by atoms with van der Waals surface area (Å²) in [6.45, 7) is 7.31. The van der Waals surface area contributed by atoms with Crippen molar-refractivity contribution >= 4 is 23.7 Å². The number of carbonyl (C=O) groups excluding carboxylic acids is 2. The Morgan fingerprint density at radius 3 is 2.84 bits per heavy atom. The van der Waals surface area contributed by atoms with E-state index in [0.717, 1.165) is 45.3 Å². The highest BCUT2D eigenvalue weighted by Crippen LogP contribution is 2.34. The number of piperidine rings is 1. The van der Waals surface area contributed by atoms with E-state index in [1.54, 1.807) is 17.2 Å². The topological polar surface area (TPSA) is 101 Å². The van der Waals surface area contributed by atoms with Gasteiger partial charge in [-0.05, 0) is 68.0 Å². The maximum absolute atomic E-state index is 14.2. The molecule has 0 radical (unpaired) electrons. The first-order valence-electron chi connectivity index (χ1n) is 13.3. The van der Waals surface area contributed by atoms with Gasteiger partial charge >= 0.3 is 12.1 Å². The number of alkyl carbamates (subject to hydrolysis) is 1. The Bertz CT molecular complexity index is 897. The zero-order valence-corrected chi connectivity index (χ0v) is 22.8. The molecule has 11 heteroatoms. The number of likely N-dealkylation sites (tertiary alicyclic amines) is 1. The first kappa shape index (κ1) is 30.0. The van der Waals surface area contributed by atoms with Crippen LogP contribution in [-0.2, 0) is 14.2 Å². The summed E-state index contributed by atoms with van der Waals surface area (Å²) in [4.78, 5) is 26.3. The SMILES string of the molecule is C=CN[C@H](CNC(=O)N1CCC[C@@H]([C@@H](OCCNC(=O)OC)c2cc(F)cc(Cl)c2)C1)C[C@H]1CCCOC1. The van der Waals surface area contributed by atoms with Crippen molar-refractivity contribution in [2.75, 3.05) is 53.1 Å². The van der Waals surface area contributed by atoms with Crippen molar-refractivity contribution < 1.29 is 28.2 Å². The number of ether oxygens (including phenoxy) is 3. The molecule has 0 bridgehead atoms. The monoisotopic (exact) mass is 554 g/mol. The Kier molecular flexibility index (Phi) is 12.4. The number of rotatable bonds is 12. The molecule has 2 aliphatic rings. The van der Waals surface area contributed by atoms with E-state index < -0.39 is 18.0 Å². The number of methoxy groups -OCH3 is 1. The molecule has 2 heterocycles. The highest BCUT2D eigenvalue weighted by atomic mass is 35.5. The minimum atomic E-state index is -0.556. The minimum Gasteiger partial charge on any atom is -0.453 e. The fourth-order valence-electron chi connectivity index (χ4n) is 5.19. The predicted octanol–water partition coefficient (Wildman–Crippen LogP) is 4.23. The highest BCUT2D eigenvalue weighted by Gasteiger charge is 2.32. The summed E-state index contributed by atoms with van der Waals surface area (Å²) in [5, 5.41) is 9.18. The number of hydrogen-bond acceptors (Lipinski definition) is 6. The second-order valence-electron chi connectivity index (χ2n) is 9.83. The van der Waals surface area contributed by atoms with Gasteiger partial charge in [0.1, 0.15) is 5.82 Å². The molecule has 2 aliphatic heterocycles. The van der Waals surface area contributed by atoms with Crippen LogP contribution in [-0.4, -0.2) is 76.2 Å². The van der Waals surface area contributed by atoms with E-state index in [1.807, 2.05) is 0 Å². The summed E-state index contributed by atoms with van der Waals surface area (Å²) in [6.07, 6.45) is 5.27. The number of benzene rings is 1. The largest absolute Gasteiger partial charge is 0.453 e. The van der Waals surface area contributed by atoms with E-state index in [2.05, 4.69) is 27.3 Å². The molecular weight excluding hydrogens is 515 g/mol. The Morgan fingerprint density at radius 2 is 2.13 bits per heavy atom. The van der Waals surface area contributed by atoms with Crippen LogP contribution in [0.4, 0.5) is 14.0 Å². The molecule has 0 aliphatic carbocycles. The van der Waals surface area contributed by atoms with Gasteiger partial charge in [0.2, 0.25) is 0 Å². The van der Waals surface area contributed by atoms with E-state index in [0.29, 0.717) is 31.1 Å². The molecule has 3 N–H and O–H groups in total. The highest BCUT2D eigenvalue weighted by molar-refractivity contribution is 6.30. The lowest BCUT2D eigenvalue weighted by atomic mass is 9.88. The summed E-state index contributed by atoms with van der Waals surface area (Å²) < 4.78 is 30.5. The molecule has 0 spiro atoms. The smallest absolute Gasteiger partial charge is 0.406 e. The van der Waals surface area contributed by atoms with Crippen molar-refractivity contribution in [2.45, 2.75) is 44.2 Å². The Labute approximate surface area is 229 Å². The number of urea groups is 1. The number of halogens is 2. The second-order valence-corrected chi connectivity index (χ2v) is 10.3. The van der Waals surface area contributed by atoms with E-state index in [1.165, 1.54) is 19.2 Å². The number of nitrogens with zero attached hydrogens (tertiary/aromatic N) is 1. The van der Waals surface area contributed by atoms with Crippen molar-refractivity contribution in [1.29, 1.82) is 0 Å². The second kappa shape index (κ2) is 15.8. The molecule has 4 atom stereocenters. The summed E-state index contributed by atoms with van der Waals surface area (Å²) in [7, 11) is 1.29. The fraction of sp³-hybridized carbons (Fsp3) is 0.630. The Morgan fingerprint density at radius 1 is 1.29 bits per heavy atom. The van der Waals surface area contributed by atoms with Gasteiger partial charge in [-0.15, -0.1) is 0 Å². The first-order valence-corrected chi connectivity index (χ1v) is 13.6. The van der Waals surface area contributed by atoms with Crippen LogP contribution >= 0.6 is 11.6 Å². The third-order valence-electron chi connectivity index (χ3n) is 6.97. The van der Waals surface area contributed by atoms with E-state index in [4.69, 9.17) is 21.1 Å². The molecule has 212 valence electrons. The van der Waals surface area contributed by atoms with Crippen LogP contribution in [0, 0.1) is 17.7 Å². The lowest BCUT2D eigenvalue weighted by molar-refractivity contribution is -0.00866. The van der Waals surface area contributed by atoms with Gasteiger partial charge in [-0.1, -0.05) is 18.2 Å². The summed E-state index contributed by atoms with van der Waals surface area (Å²) in [5.41, 5.74) is 0.602. The van der Waals surface area contributed by atoms with Crippen molar-refractivity contribution in [3.05, 3.63) is 47.4 Å². The zero-order chi connectivity index (χ0) is 27.3. The maximum atomic E-state index is 14.2. The van der Waals surface area contributed by atoms with Crippen LogP contribution in [0.2, 0.25) is 5.02 Å². The molecule has 9 nitrogen and oxygen atoms in total. The van der Waals surface area contributed by atoms with E-state index in [9.17, 15) is 14.0 Å². The van der Waals surface area contributed by atoms with Crippen LogP contribution in [0.15, 0.2) is 31.0 Å². The normalized spacial score (nSPS) is 21.2. The quantitative estimate of drug-likeness (QED) is 0.334. The van der Waals surface area contributed by atoms with Crippen LogP contribution < -0.4 is 16.0 Å². The van der Waals surface area contributed by atoms with Crippen molar-refractivity contribution in [1.82, 2.24) is 20.9 Å². The van der Waals surface area contributed by atoms with Gasteiger partial charge in [-0.25, -0.2) is 14.0 Å². The molecule has 38 heavy (non-hydrogen) atoms. The van der Waals surface area contributed by atoms with E-state index in [-0.39, 0.29) is 36.2 Å². The van der Waals surface area contributed by atoms with Crippen LogP contribution in [0.3, 0.4) is 0 Å². The van der Waals surface area contributed by atoms with E-state index >= 15 is 0 Å². The molecular formula is C27H40ClFN4O5. The molecule has 3 rings (SSSR count). The molecule has 1 aromatic rings. The summed E-state index contributed by atoms with van der Waals surface area (Å²) in [6, 6.07) is 4.26. The average molecular weight is 555 g/mol. The minimum absolute atomic E-state index is 0.0663. The third-order valence-corrected chi connectivity index (χ3v) is 7.18. The molecule has 2 fully saturated rings. The van der Waals surface area contributed by atoms with Crippen molar-refractivity contribution in [2.24, 2.45) is 11.8 Å². The Hall–Kier alpha value is -2.56. The van der Waals surface area contributed by atoms with Crippen molar-refractivity contribution in [3.63, 3.8) is 0 Å². The molecule has 0 aromatic heterocycles.